The molecular formula is C13H12Br2FN3. The Labute approximate surface area is 127 Å². The minimum atomic E-state index is -0.313. The lowest BCUT2D eigenvalue weighted by molar-refractivity contribution is 0.622. The minimum absolute atomic E-state index is 0.313. The summed E-state index contributed by atoms with van der Waals surface area (Å²) in [6.45, 7) is 2.07. The van der Waals surface area contributed by atoms with E-state index in [0.717, 1.165) is 18.7 Å². The summed E-state index contributed by atoms with van der Waals surface area (Å²) in [5, 5.41) is 3.07. The number of nitrogens with zero attached hydrogens (tertiary/aromatic N) is 2. The minimum Gasteiger partial charge on any atom is -0.340 e. The monoisotopic (exact) mass is 387 g/mol. The highest BCUT2D eigenvalue weighted by Crippen LogP contribution is 2.23. The molecule has 0 saturated heterocycles. The normalized spacial score (nSPS) is 10.5. The molecule has 1 heterocycles. The van der Waals surface area contributed by atoms with E-state index in [1.807, 2.05) is 0 Å². The molecule has 0 saturated carbocycles. The predicted octanol–water partition coefficient (Wildman–Crippen LogP) is 4.84. The van der Waals surface area contributed by atoms with Crippen LogP contribution in [0.25, 0.3) is 0 Å². The molecule has 0 aliphatic carbocycles. The van der Waals surface area contributed by atoms with Crippen molar-refractivity contribution in [2.24, 2.45) is 0 Å². The quantitative estimate of drug-likeness (QED) is 0.761. The van der Waals surface area contributed by atoms with Crippen molar-refractivity contribution < 1.29 is 4.39 Å². The van der Waals surface area contributed by atoms with Crippen molar-refractivity contribution in [2.75, 3.05) is 5.32 Å². The maximum Gasteiger partial charge on any atom is 0.139 e. The Balaban J connectivity index is 2.24. The maximum absolute atomic E-state index is 13.4. The summed E-state index contributed by atoms with van der Waals surface area (Å²) >= 11 is 6.47. The Hall–Kier alpha value is -1.01. The number of hydrogen-bond acceptors (Lipinski definition) is 3. The van der Waals surface area contributed by atoms with Crippen LogP contribution in [0.2, 0.25) is 0 Å². The van der Waals surface area contributed by atoms with Gasteiger partial charge in [-0.3, -0.25) is 0 Å². The third kappa shape index (κ3) is 3.98. The van der Waals surface area contributed by atoms with Crippen LogP contribution in [0, 0.1) is 5.82 Å². The highest BCUT2D eigenvalue weighted by Gasteiger charge is 2.05. The fraction of sp³-hybridized carbons (Fsp3) is 0.231. The molecule has 19 heavy (non-hydrogen) atoms. The van der Waals surface area contributed by atoms with Crippen LogP contribution in [0.3, 0.4) is 0 Å². The van der Waals surface area contributed by atoms with Gasteiger partial charge in [-0.25, -0.2) is 14.4 Å². The van der Waals surface area contributed by atoms with E-state index in [1.54, 1.807) is 18.2 Å². The summed E-state index contributed by atoms with van der Waals surface area (Å²) in [5.74, 6) is 1.09. The molecule has 0 aliphatic heterocycles. The molecule has 100 valence electrons. The molecule has 0 unspecified atom stereocenters. The van der Waals surface area contributed by atoms with Crippen LogP contribution >= 0.6 is 31.9 Å². The van der Waals surface area contributed by atoms with Crippen molar-refractivity contribution in [2.45, 2.75) is 19.8 Å². The number of aryl methyl sites for hydroxylation is 1. The second kappa shape index (κ2) is 6.43. The molecule has 1 N–H and O–H groups in total. The van der Waals surface area contributed by atoms with Crippen LogP contribution in [0.15, 0.2) is 33.3 Å². The van der Waals surface area contributed by atoms with Crippen LogP contribution in [-0.4, -0.2) is 9.97 Å². The molecule has 6 heteroatoms. The molecule has 0 bridgehead atoms. The fourth-order valence-corrected chi connectivity index (χ4v) is 2.25. The fourth-order valence-electron chi connectivity index (χ4n) is 1.59. The van der Waals surface area contributed by atoms with E-state index in [4.69, 9.17) is 0 Å². The summed E-state index contributed by atoms with van der Waals surface area (Å²) in [7, 11) is 0. The third-order valence-electron chi connectivity index (χ3n) is 2.41. The molecule has 0 fully saturated rings. The van der Waals surface area contributed by atoms with E-state index in [0.29, 0.717) is 20.6 Å². The molecule has 2 rings (SSSR count). The summed E-state index contributed by atoms with van der Waals surface area (Å²) in [6.07, 6.45) is 1.78. The number of benzene rings is 1. The topological polar surface area (TPSA) is 37.8 Å². The molecule has 0 aliphatic rings. The Kier molecular flexibility index (Phi) is 4.87. The van der Waals surface area contributed by atoms with E-state index in [2.05, 4.69) is 54.1 Å². The molecular weight excluding hydrogens is 377 g/mol. The van der Waals surface area contributed by atoms with Gasteiger partial charge in [0.15, 0.2) is 0 Å². The summed E-state index contributed by atoms with van der Waals surface area (Å²) in [6, 6.07) is 6.61. The zero-order valence-corrected chi connectivity index (χ0v) is 13.4. The zero-order valence-electron chi connectivity index (χ0n) is 10.3. The van der Waals surface area contributed by atoms with Gasteiger partial charge in [0.2, 0.25) is 0 Å². The van der Waals surface area contributed by atoms with Gasteiger partial charge in [0, 0.05) is 18.2 Å². The van der Waals surface area contributed by atoms with Gasteiger partial charge in [-0.1, -0.05) is 6.92 Å². The standard InChI is InChI=1S/C13H12Br2FN3/c1-2-3-12-18-11(15)7-13(19-12)17-8-4-5-9(14)10(16)6-8/h4-7H,2-3H2,1H3,(H,17,18,19). The molecule has 1 aromatic carbocycles. The Morgan fingerprint density at radius 2 is 2.00 bits per heavy atom. The first-order valence-corrected chi connectivity index (χ1v) is 7.42. The molecule has 0 radical (unpaired) electrons. The van der Waals surface area contributed by atoms with Crippen LogP contribution in [0.1, 0.15) is 19.2 Å². The number of halogens is 3. The van der Waals surface area contributed by atoms with Crippen LogP contribution in [0.5, 0.6) is 0 Å². The van der Waals surface area contributed by atoms with Crippen LogP contribution in [0.4, 0.5) is 15.9 Å². The first-order chi connectivity index (χ1) is 9.08. The van der Waals surface area contributed by atoms with E-state index in [-0.39, 0.29) is 5.82 Å². The van der Waals surface area contributed by atoms with Crippen molar-refractivity contribution >= 4 is 43.4 Å². The summed E-state index contributed by atoms with van der Waals surface area (Å²) in [4.78, 5) is 8.67. The average molecular weight is 389 g/mol. The van der Waals surface area contributed by atoms with Crippen molar-refractivity contribution in [1.29, 1.82) is 0 Å². The van der Waals surface area contributed by atoms with Crippen molar-refractivity contribution in [1.82, 2.24) is 9.97 Å². The van der Waals surface area contributed by atoms with Crippen molar-refractivity contribution in [3.8, 4) is 0 Å². The number of rotatable bonds is 4. The van der Waals surface area contributed by atoms with Gasteiger partial charge < -0.3 is 5.32 Å². The van der Waals surface area contributed by atoms with Gasteiger partial charge in [-0.05, 0) is 56.5 Å². The van der Waals surface area contributed by atoms with Crippen LogP contribution in [-0.2, 0) is 6.42 Å². The van der Waals surface area contributed by atoms with Gasteiger partial charge in [0.1, 0.15) is 22.1 Å². The highest BCUT2D eigenvalue weighted by atomic mass is 79.9. The van der Waals surface area contributed by atoms with Crippen molar-refractivity contribution in [3.63, 3.8) is 0 Å². The maximum atomic E-state index is 13.4. The van der Waals surface area contributed by atoms with E-state index in [1.165, 1.54) is 6.07 Å². The highest BCUT2D eigenvalue weighted by molar-refractivity contribution is 9.10. The van der Waals surface area contributed by atoms with Gasteiger partial charge in [0.05, 0.1) is 4.47 Å². The first kappa shape index (κ1) is 14.4. The smallest absolute Gasteiger partial charge is 0.139 e. The van der Waals surface area contributed by atoms with Gasteiger partial charge in [0.25, 0.3) is 0 Å². The lowest BCUT2D eigenvalue weighted by Crippen LogP contribution is -2.00. The molecule has 1 aromatic heterocycles. The number of hydrogen-bond donors (Lipinski definition) is 1. The van der Waals surface area contributed by atoms with Crippen LogP contribution < -0.4 is 5.32 Å². The molecule has 3 nitrogen and oxygen atoms in total. The lowest BCUT2D eigenvalue weighted by Gasteiger charge is -2.08. The Bertz CT molecular complexity index is 590. The zero-order chi connectivity index (χ0) is 13.8. The molecule has 2 aromatic rings. The number of aromatic nitrogens is 2. The van der Waals surface area contributed by atoms with Gasteiger partial charge >= 0.3 is 0 Å². The Morgan fingerprint density at radius 3 is 2.68 bits per heavy atom. The number of anilines is 2. The number of nitrogens with one attached hydrogen (secondary N) is 1. The second-order valence-corrected chi connectivity index (χ2v) is 5.66. The third-order valence-corrected chi connectivity index (χ3v) is 3.46. The van der Waals surface area contributed by atoms with E-state index >= 15 is 0 Å². The first-order valence-electron chi connectivity index (χ1n) is 5.84. The Morgan fingerprint density at radius 1 is 1.21 bits per heavy atom. The predicted molar refractivity (Wildman–Crippen MR) is 81.1 cm³/mol. The van der Waals surface area contributed by atoms with Gasteiger partial charge in [-0.2, -0.15) is 0 Å². The molecule has 0 atom stereocenters. The SMILES string of the molecule is CCCc1nc(Br)cc(Nc2ccc(Br)c(F)c2)n1. The molecule has 0 amide bonds. The van der Waals surface area contributed by atoms with Gasteiger partial charge in [-0.15, -0.1) is 0 Å². The second-order valence-electron chi connectivity index (χ2n) is 4.00. The molecule has 0 spiro atoms. The van der Waals surface area contributed by atoms with Crippen molar-refractivity contribution in [3.05, 3.63) is 45.0 Å². The van der Waals surface area contributed by atoms with E-state index in [9.17, 15) is 4.39 Å². The summed E-state index contributed by atoms with van der Waals surface area (Å²) in [5.41, 5.74) is 0.647. The summed E-state index contributed by atoms with van der Waals surface area (Å²) < 4.78 is 14.6. The lowest BCUT2D eigenvalue weighted by atomic mass is 10.3. The largest absolute Gasteiger partial charge is 0.340 e. The average Bonchev–Trinajstić information content (AvgIpc) is 2.33. The van der Waals surface area contributed by atoms with E-state index < -0.39 is 0 Å².